The molecule has 3 unspecified atom stereocenters. The van der Waals surface area contributed by atoms with Gasteiger partial charge in [-0.1, -0.05) is 199 Å². The van der Waals surface area contributed by atoms with Gasteiger partial charge in [0.2, 0.25) is 17.7 Å². The summed E-state index contributed by atoms with van der Waals surface area (Å²) in [5.41, 5.74) is 11.1. The average molecular weight is 1850 g/mol. The lowest BCUT2D eigenvalue weighted by molar-refractivity contribution is -0.127. The van der Waals surface area contributed by atoms with Gasteiger partial charge in [-0.25, -0.2) is 43.0 Å². The number of ether oxygens (including phenoxy) is 3. The van der Waals surface area contributed by atoms with Crippen molar-refractivity contribution in [3.05, 3.63) is 276 Å². The van der Waals surface area contributed by atoms with E-state index in [1.807, 2.05) is 175 Å². The molecular formula is C103H95Cl3N18O10. The van der Waals surface area contributed by atoms with E-state index in [2.05, 4.69) is 74.7 Å². The molecule has 21 rings (SSSR count). The van der Waals surface area contributed by atoms with Gasteiger partial charge in [0, 0.05) is 94.2 Å². The predicted molar refractivity (Wildman–Crippen MR) is 526 cm³/mol. The van der Waals surface area contributed by atoms with E-state index in [0.29, 0.717) is 176 Å². The minimum atomic E-state index is -0.520. The number of aromatic nitrogens is 12. The molecule has 0 bridgehead atoms. The zero-order chi connectivity index (χ0) is 93.8. The van der Waals surface area contributed by atoms with Crippen molar-refractivity contribution in [3.63, 3.8) is 0 Å². The fourth-order valence-corrected chi connectivity index (χ4v) is 20.4. The van der Waals surface area contributed by atoms with E-state index >= 15 is 0 Å². The number of carbonyl (C=O) groups is 3. The normalized spacial score (nSPS) is 16.1. The molecule has 6 aliphatic heterocycles. The van der Waals surface area contributed by atoms with Gasteiger partial charge in [-0.3, -0.25) is 29.3 Å². The second kappa shape index (κ2) is 35.6. The number of aryl methyl sites for hydroxylation is 4. The summed E-state index contributed by atoms with van der Waals surface area (Å²) in [5.74, 6) is 2.13. The van der Waals surface area contributed by atoms with E-state index in [1.165, 1.54) is 22.8 Å². The highest BCUT2D eigenvalue weighted by Crippen LogP contribution is 2.52. The summed E-state index contributed by atoms with van der Waals surface area (Å²) < 4.78 is 24.3. The Hall–Kier alpha value is -14.5. The van der Waals surface area contributed by atoms with Gasteiger partial charge in [0.05, 0.1) is 69.4 Å². The van der Waals surface area contributed by atoms with Crippen LogP contribution in [0.15, 0.2) is 204 Å². The number of hydrogen-bond acceptors (Lipinski definition) is 22. The molecule has 3 saturated heterocycles. The number of carbonyl (C=O) groups excluding carboxylic acids is 3. The maximum Gasteiger partial charge on any atom is 0.355 e. The molecule has 3 amide bonds. The summed E-state index contributed by atoms with van der Waals surface area (Å²) in [5, 5.41) is 19.0. The van der Waals surface area contributed by atoms with Crippen molar-refractivity contribution in [2.24, 2.45) is 0 Å². The van der Waals surface area contributed by atoms with Crippen molar-refractivity contribution in [2.75, 3.05) is 93.4 Å². The molecule has 0 saturated carbocycles. The molecule has 3 atom stereocenters. The number of phenols is 1. The zero-order valence-corrected chi connectivity index (χ0v) is 77.8. The first-order valence-electron chi connectivity index (χ1n) is 44.6. The summed E-state index contributed by atoms with van der Waals surface area (Å²) in [4.78, 5) is 135. The first-order valence-corrected chi connectivity index (χ1v) is 45.8. The van der Waals surface area contributed by atoms with Crippen LogP contribution in [0.4, 0.5) is 17.5 Å². The molecule has 1 N–H and O–H groups in total. The molecule has 0 radical (unpaired) electrons. The Bertz CT molecular complexity index is 7460. The Kier molecular flexibility index (Phi) is 23.6. The SMILES string of the molecule is C=CC(=O)N1CCN2c3nc(=O)n(-c4c(C)ccnc4C(C)C)c4nc(-c5cc(O)cc6ccccc56)c(Cl)c(c34)OCC2C1.C=CC(=O)N1CCN2c3nc(=O)n(-c4c(C)ccnc4C(C)C)c4nc(-c5cccc6cccc(C)c56)c(Cl)c(c34)OCC2C1.C=CC(=O)N1CCN2c3nc(=O)n(-c4c(C)ccnc4C(C)C)c4nc(-c5cccc6ccccc56)c(Cl)c(c34)OCC2C1. The highest BCUT2D eigenvalue weighted by atomic mass is 35.5. The number of nitrogens with zero attached hydrogens (tertiary/aromatic N) is 18. The average Bonchev–Trinajstić information content (AvgIpc) is 0.782. The first-order chi connectivity index (χ1) is 64.6. The lowest BCUT2D eigenvalue weighted by Crippen LogP contribution is -2.56. The van der Waals surface area contributed by atoms with Crippen LogP contribution in [0.25, 0.3) is 116 Å². The molecule has 31 heteroatoms. The second-order valence-corrected chi connectivity index (χ2v) is 36.4. The number of aromatic hydroxyl groups is 1. The smallest absolute Gasteiger partial charge is 0.355 e. The largest absolute Gasteiger partial charge is 0.508 e. The molecule has 9 aromatic heterocycles. The van der Waals surface area contributed by atoms with Crippen LogP contribution < -0.4 is 46.0 Å². The van der Waals surface area contributed by atoms with Crippen LogP contribution >= 0.6 is 34.8 Å². The van der Waals surface area contributed by atoms with Gasteiger partial charge in [-0.2, -0.15) is 15.0 Å². The van der Waals surface area contributed by atoms with Gasteiger partial charge < -0.3 is 48.7 Å². The van der Waals surface area contributed by atoms with E-state index in [0.717, 1.165) is 82.8 Å². The Morgan fingerprint density at radius 1 is 0.396 bits per heavy atom. The number of phenolic OH excluding ortho intramolecular Hbond substituents is 1. The Balaban J connectivity index is 0.000000129. The Morgan fingerprint density at radius 3 is 1.12 bits per heavy atom. The number of hydrogen-bond donors (Lipinski definition) is 1. The molecule has 0 aliphatic carbocycles. The summed E-state index contributed by atoms with van der Waals surface area (Å²) in [7, 11) is 0. The van der Waals surface area contributed by atoms with Crippen molar-refractivity contribution < 1.29 is 33.7 Å². The minimum Gasteiger partial charge on any atom is -0.508 e. The summed E-state index contributed by atoms with van der Waals surface area (Å²) >= 11 is 21.7. The Morgan fingerprint density at radius 2 is 0.731 bits per heavy atom. The maximum atomic E-state index is 14.3. The number of amides is 3. The van der Waals surface area contributed by atoms with E-state index in [4.69, 9.17) is 68.9 Å². The van der Waals surface area contributed by atoms with Crippen LogP contribution in [0.5, 0.6) is 23.0 Å². The number of piperazine rings is 3. The standard InChI is InChI=1S/C35H33ClN6O3.C34H31ClN6O4.C34H31ClN6O3/c1-6-25(43)40-15-16-41-23(17-40)18-45-32-27-33(41)39-35(44)42(31-21(5)13-14-37-29(31)19(2)3)34(27)38-30(28(32)36)24-12-8-11-22-10-7-9-20(4)26(22)24;1-5-25(43)39-12-13-40-21(16-39)17-45-31-26-32(40)38-34(44)41(30-19(4)10-11-36-28(30)18(2)3)33(26)37-29(27(31)35)24-15-22(42)14-20-8-6-7-9-23(20)24;1-5-25(42)39-15-16-40-22(17-39)18-44-31-26-32(40)38-34(43)41(30-20(4)13-14-36-28(30)19(2)3)33(26)37-29(27(31)35)24-12-8-10-21-9-6-7-11-23(21)24/h6-14,19,23H,1,15-18H2,2-5H3;5-11,14-15,18,21,42H,1,12-13,16-17H2,2-4H3;5-14,19,22H,1,15-18H2,2-4H3. The fourth-order valence-electron chi connectivity index (χ4n) is 19.6. The summed E-state index contributed by atoms with van der Waals surface area (Å²) in [6, 6.07) is 42.0. The topological polar surface area (TPSA) is 301 Å². The van der Waals surface area contributed by atoms with Crippen LogP contribution in [0, 0.1) is 27.7 Å². The number of fused-ring (bicyclic) bond motifs is 9. The van der Waals surface area contributed by atoms with Crippen molar-refractivity contribution in [1.82, 2.24) is 73.3 Å². The van der Waals surface area contributed by atoms with Gasteiger partial charge in [-0.05, 0) is 149 Å². The predicted octanol–water partition coefficient (Wildman–Crippen LogP) is 17.0. The summed E-state index contributed by atoms with van der Waals surface area (Å²) in [6.45, 7) is 35.6. The van der Waals surface area contributed by atoms with Gasteiger partial charge >= 0.3 is 17.1 Å². The quantitative estimate of drug-likeness (QED) is 0.111. The van der Waals surface area contributed by atoms with Gasteiger partial charge in [-0.15, -0.1) is 0 Å². The van der Waals surface area contributed by atoms with Crippen LogP contribution in [-0.4, -0.2) is 193 Å². The van der Waals surface area contributed by atoms with Crippen molar-refractivity contribution in [2.45, 2.75) is 105 Å². The second-order valence-electron chi connectivity index (χ2n) is 35.3. The number of anilines is 3. The zero-order valence-electron chi connectivity index (χ0n) is 75.5. The molecule has 28 nitrogen and oxygen atoms in total. The number of rotatable bonds is 12. The monoisotopic (exact) mass is 1850 g/mol. The molecule has 134 heavy (non-hydrogen) atoms. The van der Waals surface area contributed by atoms with Gasteiger partial charge in [0.1, 0.15) is 74.3 Å². The van der Waals surface area contributed by atoms with Crippen LogP contribution in [0.3, 0.4) is 0 Å². The van der Waals surface area contributed by atoms with Crippen LogP contribution in [-0.2, 0) is 14.4 Å². The third kappa shape index (κ3) is 15.2. The highest BCUT2D eigenvalue weighted by molar-refractivity contribution is 6.38. The van der Waals surface area contributed by atoms with Gasteiger partial charge in [0.25, 0.3) is 0 Å². The van der Waals surface area contributed by atoms with Crippen molar-refractivity contribution >= 4 is 135 Å². The number of pyridine rings is 6. The first kappa shape index (κ1) is 88.8. The van der Waals surface area contributed by atoms with E-state index in [9.17, 15) is 33.9 Å². The van der Waals surface area contributed by atoms with E-state index in [-0.39, 0.29) is 84.2 Å². The third-order valence-electron chi connectivity index (χ3n) is 26.0. The third-order valence-corrected chi connectivity index (χ3v) is 27.0. The molecule has 678 valence electrons. The maximum absolute atomic E-state index is 14.3. The van der Waals surface area contributed by atoms with Crippen molar-refractivity contribution in [3.8, 4) is 73.8 Å². The molecule has 3 fully saturated rings. The highest BCUT2D eigenvalue weighted by Gasteiger charge is 2.43. The number of benzene rings is 6. The van der Waals surface area contributed by atoms with E-state index in [1.54, 1.807) is 54.6 Å². The molecule has 6 aliphatic rings. The summed E-state index contributed by atoms with van der Waals surface area (Å²) in [6.07, 6.45) is 9.19. The molecule has 15 heterocycles. The molecular weight excluding hydrogens is 1760 g/mol. The van der Waals surface area contributed by atoms with Gasteiger partial charge in [0.15, 0.2) is 34.2 Å². The lowest BCUT2D eigenvalue weighted by atomic mass is 9.97. The van der Waals surface area contributed by atoms with Crippen molar-refractivity contribution in [1.29, 1.82) is 0 Å². The Labute approximate surface area is 785 Å². The molecule has 6 aromatic carbocycles. The minimum absolute atomic E-state index is 0.00503. The molecule has 15 aromatic rings. The van der Waals surface area contributed by atoms with Crippen LogP contribution in [0.2, 0.25) is 15.1 Å². The number of halogens is 3. The molecule has 0 spiro atoms. The van der Waals surface area contributed by atoms with E-state index < -0.39 is 17.1 Å². The fraction of sp³-hybridized carbons (Fsp3) is 0.272. The lowest BCUT2D eigenvalue weighted by Gasteiger charge is -2.40. The van der Waals surface area contributed by atoms with Crippen LogP contribution in [0.1, 0.15) is 98.6 Å².